The Bertz CT molecular complexity index is 630. The van der Waals surface area contributed by atoms with Crippen LogP contribution in [0.15, 0.2) is 0 Å². The van der Waals surface area contributed by atoms with Gasteiger partial charge in [-0.1, -0.05) is 47.5 Å². The molecule has 10 nitrogen and oxygen atoms in total. The summed E-state index contributed by atoms with van der Waals surface area (Å²) in [6.45, 7) is 21.1. The van der Waals surface area contributed by atoms with Crippen molar-refractivity contribution in [2.75, 3.05) is 78.5 Å². The first-order valence-corrected chi connectivity index (χ1v) is 14.0. The Kier molecular flexibility index (Phi) is 16.6. The number of hydrogen-bond acceptors (Lipinski definition) is 7. The maximum absolute atomic E-state index is 13.0. The van der Waals surface area contributed by atoms with Crippen molar-refractivity contribution in [3.63, 3.8) is 0 Å². The highest BCUT2D eigenvalue weighted by Crippen LogP contribution is 2.04. The second-order valence-electron chi connectivity index (χ2n) is 9.68. The van der Waals surface area contributed by atoms with E-state index in [0.29, 0.717) is 25.7 Å². The summed E-state index contributed by atoms with van der Waals surface area (Å²) in [7, 11) is 0. The van der Waals surface area contributed by atoms with E-state index in [1.165, 1.54) is 0 Å². The summed E-state index contributed by atoms with van der Waals surface area (Å²) in [6, 6.07) is -1.66. The van der Waals surface area contributed by atoms with Crippen LogP contribution in [0.2, 0.25) is 0 Å². The number of carbonyl (C=O) groups excluding carboxylic acids is 2. The summed E-state index contributed by atoms with van der Waals surface area (Å²) < 4.78 is 0. The summed E-state index contributed by atoms with van der Waals surface area (Å²) >= 11 is 0. The monoisotopic (exact) mass is 512 g/mol. The molecule has 1 fully saturated rings. The van der Waals surface area contributed by atoms with Gasteiger partial charge in [0.2, 0.25) is 11.8 Å². The molecule has 0 bridgehead atoms. The van der Waals surface area contributed by atoms with Crippen LogP contribution < -0.4 is 10.6 Å². The Morgan fingerprint density at radius 3 is 1.39 bits per heavy atom. The molecule has 0 unspecified atom stereocenters. The zero-order valence-electron chi connectivity index (χ0n) is 23.4. The van der Waals surface area contributed by atoms with Crippen molar-refractivity contribution in [1.29, 1.82) is 0 Å². The molecule has 210 valence electrons. The molecular weight excluding hydrogens is 460 g/mol. The number of aliphatic carboxylic acids is 1. The van der Waals surface area contributed by atoms with Crippen LogP contribution in [0.3, 0.4) is 0 Å². The van der Waals surface area contributed by atoms with E-state index in [0.717, 1.165) is 72.0 Å². The second-order valence-corrected chi connectivity index (χ2v) is 9.68. The van der Waals surface area contributed by atoms with Gasteiger partial charge in [-0.3, -0.25) is 14.5 Å². The molecule has 1 saturated heterocycles. The number of carboxylic acid groups (broad SMARTS) is 1. The van der Waals surface area contributed by atoms with Gasteiger partial charge in [0.25, 0.3) is 0 Å². The molecule has 0 spiro atoms. The maximum Gasteiger partial charge on any atom is 0.326 e. The van der Waals surface area contributed by atoms with E-state index in [1.54, 1.807) is 0 Å². The second kappa shape index (κ2) is 18.5. The lowest BCUT2D eigenvalue weighted by Gasteiger charge is -2.33. The molecule has 1 aliphatic rings. The van der Waals surface area contributed by atoms with Gasteiger partial charge in [0.15, 0.2) is 0 Å². The Morgan fingerprint density at radius 1 is 0.639 bits per heavy atom. The quantitative estimate of drug-likeness (QED) is 0.334. The number of amides is 2. The molecule has 0 aromatic carbocycles. The molecule has 0 aliphatic carbocycles. The van der Waals surface area contributed by atoms with Crippen molar-refractivity contribution in [3.8, 4) is 0 Å². The number of nitrogens with one attached hydrogen (secondary N) is 2. The molecule has 3 N–H and O–H groups in total. The third kappa shape index (κ3) is 12.5. The predicted molar refractivity (Wildman–Crippen MR) is 144 cm³/mol. The highest BCUT2D eigenvalue weighted by molar-refractivity contribution is 5.90. The van der Waals surface area contributed by atoms with Crippen molar-refractivity contribution < 1.29 is 19.5 Å². The fourth-order valence-corrected chi connectivity index (χ4v) is 4.50. The minimum absolute atomic E-state index is 0.193. The number of rotatable bonds is 13. The van der Waals surface area contributed by atoms with Crippen molar-refractivity contribution >= 4 is 17.8 Å². The van der Waals surface area contributed by atoms with Gasteiger partial charge in [-0.05, 0) is 32.5 Å². The van der Waals surface area contributed by atoms with Crippen molar-refractivity contribution in [2.45, 2.75) is 72.4 Å². The highest BCUT2D eigenvalue weighted by Gasteiger charge is 2.26. The number of likely N-dealkylation sites (N-methyl/N-ethyl adjacent to an activating group) is 3. The van der Waals surface area contributed by atoms with Crippen LogP contribution in [0, 0.1) is 0 Å². The first-order chi connectivity index (χ1) is 17.3. The van der Waals surface area contributed by atoms with E-state index in [1.807, 2.05) is 13.8 Å². The lowest BCUT2D eigenvalue weighted by atomic mass is 10.1. The van der Waals surface area contributed by atoms with Gasteiger partial charge in [0.1, 0.15) is 12.1 Å². The van der Waals surface area contributed by atoms with Crippen LogP contribution in [0.1, 0.15) is 60.3 Å². The molecule has 0 radical (unpaired) electrons. The largest absolute Gasteiger partial charge is 0.480 e. The average molecular weight is 513 g/mol. The Balaban J connectivity index is 2.82. The first-order valence-electron chi connectivity index (χ1n) is 14.0. The van der Waals surface area contributed by atoms with Gasteiger partial charge < -0.3 is 30.4 Å². The first kappa shape index (κ1) is 32.3. The maximum atomic E-state index is 13.0. The van der Waals surface area contributed by atoms with Crippen LogP contribution >= 0.6 is 0 Å². The minimum atomic E-state index is -1.05. The van der Waals surface area contributed by atoms with Crippen LogP contribution in [0.25, 0.3) is 0 Å². The lowest BCUT2D eigenvalue weighted by molar-refractivity contribution is -0.142. The SMILES string of the molecule is CCC[C@H](NC(=O)[C@H](CCC)NC(=O)CN1CCN(CC)CCN(CC)CCN(CC)CC1)C(=O)O. The fourth-order valence-electron chi connectivity index (χ4n) is 4.50. The summed E-state index contributed by atoms with van der Waals surface area (Å²) in [5.74, 6) is -1.66. The summed E-state index contributed by atoms with van der Waals surface area (Å²) in [5, 5.41) is 14.9. The highest BCUT2D eigenvalue weighted by atomic mass is 16.4. The number of carboxylic acids is 1. The van der Waals surface area contributed by atoms with Crippen LogP contribution in [0.5, 0.6) is 0 Å². The molecule has 0 aromatic rings. The normalized spacial score (nSPS) is 19.6. The Hall–Kier alpha value is -1.75. The molecule has 2 amide bonds. The number of nitrogens with zero attached hydrogens (tertiary/aromatic N) is 4. The standard InChI is InChI=1S/C26H52N6O4/c1-6-11-22(25(34)28-23(12-7-2)26(35)36)27-24(33)21-32-19-17-30(9-4)15-13-29(8-3)14-16-31(10-5)18-20-32/h22-23H,6-21H2,1-5H3,(H,27,33)(H,28,34)(H,35,36)/t22-,23-/m0/s1. The Labute approximate surface area is 218 Å². The molecule has 2 atom stereocenters. The average Bonchev–Trinajstić information content (AvgIpc) is 2.85. The number of hydrogen-bond donors (Lipinski definition) is 3. The van der Waals surface area contributed by atoms with Gasteiger partial charge in [-0.25, -0.2) is 4.79 Å². The molecule has 10 heteroatoms. The zero-order chi connectivity index (χ0) is 26.9. The van der Waals surface area contributed by atoms with Gasteiger partial charge in [0, 0.05) is 52.4 Å². The van der Waals surface area contributed by atoms with Crippen molar-refractivity contribution in [3.05, 3.63) is 0 Å². The van der Waals surface area contributed by atoms with Crippen molar-refractivity contribution in [2.24, 2.45) is 0 Å². The van der Waals surface area contributed by atoms with Crippen molar-refractivity contribution in [1.82, 2.24) is 30.2 Å². The molecule has 0 aromatic heterocycles. The van der Waals surface area contributed by atoms with Crippen LogP contribution in [-0.2, 0) is 14.4 Å². The molecule has 1 aliphatic heterocycles. The molecule has 0 saturated carbocycles. The third-order valence-corrected chi connectivity index (χ3v) is 7.06. The van der Waals surface area contributed by atoms with E-state index in [9.17, 15) is 19.5 Å². The Morgan fingerprint density at radius 2 is 1.03 bits per heavy atom. The van der Waals surface area contributed by atoms with Crippen LogP contribution in [-0.4, -0.2) is 133 Å². The number of carbonyl (C=O) groups is 3. The summed E-state index contributed by atoms with van der Waals surface area (Å²) in [5.41, 5.74) is 0. The zero-order valence-corrected chi connectivity index (χ0v) is 23.4. The van der Waals surface area contributed by atoms with Gasteiger partial charge in [0.05, 0.1) is 6.54 Å². The summed E-state index contributed by atoms with van der Waals surface area (Å²) in [4.78, 5) is 46.8. The van der Waals surface area contributed by atoms with Gasteiger partial charge in [-0.2, -0.15) is 0 Å². The minimum Gasteiger partial charge on any atom is -0.480 e. The molecule has 1 rings (SSSR count). The van der Waals surface area contributed by atoms with E-state index >= 15 is 0 Å². The lowest BCUT2D eigenvalue weighted by Crippen LogP contribution is -2.53. The van der Waals surface area contributed by atoms with E-state index in [2.05, 4.69) is 51.0 Å². The topological polar surface area (TPSA) is 108 Å². The van der Waals surface area contributed by atoms with E-state index < -0.39 is 24.0 Å². The predicted octanol–water partition coefficient (Wildman–Crippen LogP) is 0.922. The van der Waals surface area contributed by atoms with E-state index in [4.69, 9.17) is 0 Å². The van der Waals surface area contributed by atoms with E-state index in [-0.39, 0.29) is 12.5 Å². The van der Waals surface area contributed by atoms with Crippen LogP contribution in [0.4, 0.5) is 0 Å². The van der Waals surface area contributed by atoms with Gasteiger partial charge in [-0.15, -0.1) is 0 Å². The molecular formula is C26H52N6O4. The molecule has 36 heavy (non-hydrogen) atoms. The fraction of sp³-hybridized carbons (Fsp3) is 0.885. The third-order valence-electron chi connectivity index (χ3n) is 7.06. The summed E-state index contributed by atoms with van der Waals surface area (Å²) in [6.07, 6.45) is 2.19. The smallest absolute Gasteiger partial charge is 0.326 e. The molecule has 1 heterocycles. The van der Waals surface area contributed by atoms with Gasteiger partial charge >= 0.3 is 5.97 Å².